The molecule has 0 aromatic rings. The topological polar surface area (TPSA) is 92.5 Å². The van der Waals surface area contributed by atoms with E-state index in [0.29, 0.717) is 19.3 Å². The Morgan fingerprint density at radius 2 is 2.00 bits per heavy atom. The number of carbonyl (C=O) groups is 1. The molecule has 0 unspecified atom stereocenters. The standard InChI is InChI=1S/C16H22F3NO7S/c1-20-8-7-11-3-5-13-15(27-11,10-25-28(22,23)16(17,18)19)9-12(26-13)4-6-14(21)24-2/h11-13H,3-10H2,2H3/t11-,12+,13+,15-/m1/s1. The fraction of sp³-hybridized carbons (Fsp3) is 0.875. The van der Waals surface area contributed by atoms with Crippen LogP contribution in [0.3, 0.4) is 0 Å². The summed E-state index contributed by atoms with van der Waals surface area (Å²) < 4.78 is 81.1. The summed E-state index contributed by atoms with van der Waals surface area (Å²) in [6.45, 7) is 6.20. The third-order valence-corrected chi connectivity index (χ3v) is 5.87. The summed E-state index contributed by atoms with van der Waals surface area (Å²) in [6, 6.07) is 0. The maximum absolute atomic E-state index is 12.6. The van der Waals surface area contributed by atoms with Crippen molar-refractivity contribution in [1.82, 2.24) is 0 Å². The van der Waals surface area contributed by atoms with Gasteiger partial charge in [-0.15, -0.1) is 0 Å². The summed E-state index contributed by atoms with van der Waals surface area (Å²) in [4.78, 5) is 14.6. The van der Waals surface area contributed by atoms with Crippen molar-refractivity contribution in [3.63, 3.8) is 0 Å². The molecule has 0 radical (unpaired) electrons. The number of halogens is 3. The zero-order valence-electron chi connectivity index (χ0n) is 15.2. The van der Waals surface area contributed by atoms with Crippen LogP contribution in [-0.4, -0.2) is 64.1 Å². The first-order valence-electron chi connectivity index (χ1n) is 8.72. The van der Waals surface area contributed by atoms with E-state index >= 15 is 0 Å². The van der Waals surface area contributed by atoms with Crippen molar-refractivity contribution in [3.8, 4) is 0 Å². The minimum absolute atomic E-state index is 0.0484. The minimum atomic E-state index is -5.78. The van der Waals surface area contributed by atoms with Crippen LogP contribution in [0.1, 0.15) is 38.5 Å². The number of esters is 1. The quantitative estimate of drug-likeness (QED) is 0.253. The second-order valence-electron chi connectivity index (χ2n) is 6.78. The maximum Gasteiger partial charge on any atom is 0.523 e. The molecular weight excluding hydrogens is 407 g/mol. The first kappa shape index (κ1) is 22.9. The molecule has 0 saturated carbocycles. The molecule has 2 heterocycles. The van der Waals surface area contributed by atoms with Crippen LogP contribution >= 0.6 is 0 Å². The van der Waals surface area contributed by atoms with Gasteiger partial charge in [-0.2, -0.15) is 21.6 Å². The molecule has 0 N–H and O–H groups in total. The van der Waals surface area contributed by atoms with Crippen LogP contribution in [0.5, 0.6) is 0 Å². The first-order valence-corrected chi connectivity index (χ1v) is 10.1. The summed E-state index contributed by atoms with van der Waals surface area (Å²) in [6.07, 6.45) is 0.117. The number of alkyl halides is 3. The lowest BCUT2D eigenvalue weighted by atomic mass is 9.86. The average Bonchev–Trinajstić information content (AvgIpc) is 3.00. The van der Waals surface area contributed by atoms with E-state index in [9.17, 15) is 26.4 Å². The molecule has 0 aromatic heterocycles. The van der Waals surface area contributed by atoms with Gasteiger partial charge in [0.15, 0.2) is 0 Å². The van der Waals surface area contributed by atoms with E-state index in [-0.39, 0.29) is 25.8 Å². The zero-order valence-corrected chi connectivity index (χ0v) is 16.1. The van der Waals surface area contributed by atoms with Crippen LogP contribution < -0.4 is 0 Å². The van der Waals surface area contributed by atoms with Crippen LogP contribution in [0.4, 0.5) is 13.2 Å². The molecule has 0 aromatic carbocycles. The van der Waals surface area contributed by atoms with Gasteiger partial charge in [-0.1, -0.05) is 0 Å². The molecule has 0 amide bonds. The van der Waals surface area contributed by atoms with Crippen LogP contribution in [0.2, 0.25) is 0 Å². The summed E-state index contributed by atoms with van der Waals surface area (Å²) in [5.74, 6) is -0.459. The van der Waals surface area contributed by atoms with Crippen molar-refractivity contribution in [3.05, 3.63) is 11.4 Å². The SMILES string of the molecule is [C-]#[N+]CC[C@H]1CC[C@@H]2O[C@@H](CCC(=O)OC)C[C@]2(COS(=O)(=O)C(F)(F)F)O1. The Labute approximate surface area is 161 Å². The van der Waals surface area contributed by atoms with Crippen molar-refractivity contribution in [1.29, 1.82) is 0 Å². The van der Waals surface area contributed by atoms with Gasteiger partial charge in [-0.05, 0) is 19.3 Å². The lowest BCUT2D eigenvalue weighted by Gasteiger charge is -2.41. The smallest absolute Gasteiger partial charge is 0.469 e. The fourth-order valence-electron chi connectivity index (χ4n) is 3.50. The molecule has 2 aliphatic rings. The van der Waals surface area contributed by atoms with Gasteiger partial charge in [0.2, 0.25) is 6.54 Å². The predicted octanol–water partition coefficient (Wildman–Crippen LogP) is 2.19. The number of nitrogens with zero attached hydrogens (tertiary/aromatic N) is 1. The van der Waals surface area contributed by atoms with Crippen molar-refractivity contribution in [2.45, 2.75) is 67.9 Å². The third-order valence-electron chi connectivity index (χ3n) is 4.87. The maximum atomic E-state index is 12.6. The van der Waals surface area contributed by atoms with Gasteiger partial charge in [0, 0.05) is 19.3 Å². The van der Waals surface area contributed by atoms with Crippen molar-refractivity contribution in [2.24, 2.45) is 0 Å². The number of hydrogen-bond donors (Lipinski definition) is 0. The Bertz CT molecular complexity index is 706. The highest BCUT2D eigenvalue weighted by Gasteiger charge is 2.56. The highest BCUT2D eigenvalue weighted by Crippen LogP contribution is 2.44. The van der Waals surface area contributed by atoms with Gasteiger partial charge < -0.3 is 19.1 Å². The van der Waals surface area contributed by atoms with Gasteiger partial charge in [0.1, 0.15) is 5.60 Å². The fourth-order valence-corrected chi connectivity index (χ4v) is 3.99. The molecule has 0 spiro atoms. The monoisotopic (exact) mass is 429 g/mol. The molecule has 8 nitrogen and oxygen atoms in total. The first-order chi connectivity index (χ1) is 13.0. The van der Waals surface area contributed by atoms with E-state index in [1.165, 1.54) is 7.11 Å². The normalized spacial score (nSPS) is 30.5. The molecule has 2 fully saturated rings. The summed E-state index contributed by atoms with van der Waals surface area (Å²) in [7, 11) is -4.54. The second-order valence-corrected chi connectivity index (χ2v) is 8.39. The Balaban J connectivity index is 2.13. The molecule has 0 aliphatic carbocycles. The van der Waals surface area contributed by atoms with Crippen LogP contribution in [0.25, 0.3) is 4.85 Å². The van der Waals surface area contributed by atoms with Crippen molar-refractivity contribution >= 4 is 16.1 Å². The molecule has 0 bridgehead atoms. The van der Waals surface area contributed by atoms with Crippen LogP contribution in [0.15, 0.2) is 0 Å². The van der Waals surface area contributed by atoms with Crippen molar-refractivity contribution < 1.29 is 44.8 Å². The summed E-state index contributed by atoms with van der Waals surface area (Å²) in [5.41, 5.74) is -6.93. The lowest BCUT2D eigenvalue weighted by molar-refractivity contribution is -0.180. The Morgan fingerprint density at radius 1 is 1.29 bits per heavy atom. The van der Waals surface area contributed by atoms with Gasteiger partial charge in [0.25, 0.3) is 0 Å². The number of hydrogen-bond acceptors (Lipinski definition) is 7. The molecule has 4 atom stereocenters. The van der Waals surface area contributed by atoms with E-state index in [0.717, 1.165) is 0 Å². The molecule has 2 saturated heterocycles. The van der Waals surface area contributed by atoms with E-state index in [1.807, 2.05) is 0 Å². The Kier molecular flexibility index (Phi) is 7.30. The van der Waals surface area contributed by atoms with E-state index in [4.69, 9.17) is 16.0 Å². The summed E-state index contributed by atoms with van der Waals surface area (Å²) >= 11 is 0. The molecule has 2 aliphatic heterocycles. The van der Waals surface area contributed by atoms with E-state index in [2.05, 4.69) is 13.8 Å². The lowest BCUT2D eigenvalue weighted by Crippen LogP contribution is -2.52. The molecule has 12 heteroatoms. The number of rotatable bonds is 8. The molecule has 2 rings (SSSR count). The molecule has 28 heavy (non-hydrogen) atoms. The Hall–Kier alpha value is -1.42. The average molecular weight is 429 g/mol. The Morgan fingerprint density at radius 3 is 2.61 bits per heavy atom. The van der Waals surface area contributed by atoms with E-state index in [1.54, 1.807) is 0 Å². The highest BCUT2D eigenvalue weighted by molar-refractivity contribution is 7.87. The van der Waals surface area contributed by atoms with Crippen LogP contribution in [-0.2, 0) is 33.3 Å². The van der Waals surface area contributed by atoms with Crippen molar-refractivity contribution in [2.75, 3.05) is 20.3 Å². The molecular formula is C16H22F3NO7S. The third kappa shape index (κ3) is 5.34. The molecule has 160 valence electrons. The van der Waals surface area contributed by atoms with Crippen LogP contribution in [0, 0.1) is 6.57 Å². The predicted molar refractivity (Wildman–Crippen MR) is 88.4 cm³/mol. The minimum Gasteiger partial charge on any atom is -0.469 e. The van der Waals surface area contributed by atoms with E-state index < -0.39 is 52.1 Å². The number of ether oxygens (including phenoxy) is 3. The largest absolute Gasteiger partial charge is 0.523 e. The van der Waals surface area contributed by atoms with Gasteiger partial charge in [-0.25, -0.2) is 6.57 Å². The second kappa shape index (κ2) is 8.94. The highest BCUT2D eigenvalue weighted by atomic mass is 32.2. The summed E-state index contributed by atoms with van der Waals surface area (Å²) in [5, 5.41) is 0. The zero-order chi connectivity index (χ0) is 21.0. The number of methoxy groups -OCH3 is 1. The van der Waals surface area contributed by atoms with Gasteiger partial charge in [-0.3, -0.25) is 8.98 Å². The van der Waals surface area contributed by atoms with Gasteiger partial charge in [0.05, 0.1) is 32.0 Å². The number of carbonyl (C=O) groups excluding carboxylic acids is 1. The van der Waals surface area contributed by atoms with Gasteiger partial charge >= 0.3 is 21.6 Å². The number of fused-ring (bicyclic) bond motifs is 1.